The second-order valence-corrected chi connectivity index (χ2v) is 13.0. The normalized spacial score (nSPS) is 13.9. The van der Waals surface area contributed by atoms with Gasteiger partial charge in [0.2, 0.25) is 11.8 Å². The lowest BCUT2D eigenvalue weighted by Gasteiger charge is -2.41. The third-order valence-corrected chi connectivity index (χ3v) is 7.24. The predicted octanol–water partition coefficient (Wildman–Crippen LogP) is 5.27. The van der Waals surface area contributed by atoms with Crippen molar-refractivity contribution in [3.63, 3.8) is 0 Å². The Balaban J connectivity index is 2.15. The molecule has 3 aromatic rings. The van der Waals surface area contributed by atoms with E-state index in [0.29, 0.717) is 24.2 Å². The first kappa shape index (κ1) is 32.7. The lowest BCUT2D eigenvalue weighted by Crippen LogP contribution is -2.49. The Morgan fingerprint density at radius 1 is 1.10 bits per heavy atom. The topological polar surface area (TPSA) is 86.6 Å². The van der Waals surface area contributed by atoms with Gasteiger partial charge in [0.1, 0.15) is 18.2 Å². The summed E-state index contributed by atoms with van der Waals surface area (Å²) in [6.45, 7) is 7.77. The summed E-state index contributed by atoms with van der Waals surface area (Å²) in [6, 6.07) is 13.7. The number of amides is 2. The van der Waals surface area contributed by atoms with E-state index in [1.54, 1.807) is 24.2 Å². The molecule has 41 heavy (non-hydrogen) atoms. The Labute approximate surface area is 254 Å². The van der Waals surface area contributed by atoms with Crippen LogP contribution in [-0.4, -0.2) is 56.7 Å². The van der Waals surface area contributed by atoms with Gasteiger partial charge >= 0.3 is 0 Å². The van der Waals surface area contributed by atoms with Crippen molar-refractivity contribution in [2.75, 3.05) is 20.2 Å². The number of likely N-dealkylation sites (N-methyl/N-ethyl adjacent to an activating group) is 1. The standard InChI is InChI=1S/C31H39F2IN4O3/c1-20(34)36-26(30(41)35-5)13-14-38(28(40)19-39)29(31(2,3)4)27-15-22(24-16-23(32)11-12-25(24)33)18-37(27)17-21-9-7-6-8-10-21/h6-12,15-16,18,20,26,29,36,39H,13-14,17,19H2,1-5H3,(H,35,41). The highest BCUT2D eigenvalue weighted by atomic mass is 127. The van der Waals surface area contributed by atoms with Crippen LogP contribution in [-0.2, 0) is 16.1 Å². The molecule has 10 heteroatoms. The van der Waals surface area contributed by atoms with Gasteiger partial charge in [-0.05, 0) is 48.6 Å². The largest absolute Gasteiger partial charge is 0.387 e. The lowest BCUT2D eigenvalue weighted by atomic mass is 9.82. The Morgan fingerprint density at radius 3 is 2.37 bits per heavy atom. The van der Waals surface area contributed by atoms with Gasteiger partial charge in [0, 0.05) is 43.2 Å². The molecule has 0 saturated carbocycles. The molecule has 0 bridgehead atoms. The monoisotopic (exact) mass is 680 g/mol. The summed E-state index contributed by atoms with van der Waals surface area (Å²) in [5.74, 6) is -1.80. The smallest absolute Gasteiger partial charge is 0.248 e. The number of benzene rings is 2. The van der Waals surface area contributed by atoms with Gasteiger partial charge in [-0.25, -0.2) is 8.78 Å². The molecule has 0 fully saturated rings. The highest BCUT2D eigenvalue weighted by Gasteiger charge is 2.37. The molecule has 3 unspecified atom stereocenters. The molecule has 1 heterocycles. The van der Waals surface area contributed by atoms with Crippen molar-refractivity contribution in [2.45, 2.75) is 56.8 Å². The van der Waals surface area contributed by atoms with Gasteiger partial charge in [-0.3, -0.25) is 14.9 Å². The first-order chi connectivity index (χ1) is 19.3. The van der Waals surface area contributed by atoms with E-state index in [1.807, 2.05) is 62.6 Å². The minimum absolute atomic E-state index is 0.00198. The minimum Gasteiger partial charge on any atom is -0.387 e. The van der Waals surface area contributed by atoms with Gasteiger partial charge < -0.3 is 19.9 Å². The predicted molar refractivity (Wildman–Crippen MR) is 165 cm³/mol. The number of alkyl halides is 1. The summed E-state index contributed by atoms with van der Waals surface area (Å²) < 4.78 is 31.0. The molecule has 0 saturated heterocycles. The number of halogens is 3. The SMILES string of the molecule is CNC(=O)C(CCN(C(=O)CO)C(c1cc(-c2cc(F)ccc2F)cn1Cc1ccccc1)C(C)(C)C)NC(C)I. The fourth-order valence-electron chi connectivity index (χ4n) is 5.11. The quantitative estimate of drug-likeness (QED) is 0.138. The first-order valence-electron chi connectivity index (χ1n) is 13.6. The van der Waals surface area contributed by atoms with E-state index >= 15 is 0 Å². The van der Waals surface area contributed by atoms with Crippen LogP contribution in [0.3, 0.4) is 0 Å². The fourth-order valence-corrected chi connectivity index (χ4v) is 5.54. The van der Waals surface area contributed by atoms with Crippen molar-refractivity contribution in [3.8, 4) is 11.1 Å². The van der Waals surface area contributed by atoms with E-state index in [2.05, 4.69) is 33.2 Å². The molecule has 0 aliphatic carbocycles. The number of carbonyl (C=O) groups excluding carboxylic acids is 2. The number of hydrogen-bond donors (Lipinski definition) is 3. The van der Waals surface area contributed by atoms with E-state index < -0.39 is 41.6 Å². The number of aliphatic hydroxyl groups excluding tert-OH is 1. The maximum absolute atomic E-state index is 14.9. The van der Waals surface area contributed by atoms with Crippen LogP contribution in [0.25, 0.3) is 11.1 Å². The molecule has 1 aromatic heterocycles. The third kappa shape index (κ3) is 8.59. The molecule has 0 aliphatic heterocycles. The van der Waals surface area contributed by atoms with Crippen molar-refractivity contribution in [2.24, 2.45) is 5.41 Å². The highest BCUT2D eigenvalue weighted by molar-refractivity contribution is 14.1. The third-order valence-electron chi connectivity index (χ3n) is 6.89. The van der Waals surface area contributed by atoms with Gasteiger partial charge in [-0.15, -0.1) is 0 Å². The number of nitrogens with one attached hydrogen (secondary N) is 2. The average Bonchev–Trinajstić information content (AvgIpc) is 3.32. The second kappa shape index (κ2) is 14.4. The molecule has 2 aromatic carbocycles. The van der Waals surface area contributed by atoms with E-state index in [9.17, 15) is 23.5 Å². The fraction of sp³-hybridized carbons (Fsp3) is 0.419. The molecule has 0 spiro atoms. The van der Waals surface area contributed by atoms with Gasteiger partial charge in [0.05, 0.1) is 16.1 Å². The maximum atomic E-state index is 14.9. The number of carbonyl (C=O) groups is 2. The Bertz CT molecular complexity index is 1320. The average molecular weight is 681 g/mol. The van der Waals surface area contributed by atoms with Crippen LogP contribution in [0.15, 0.2) is 60.8 Å². The van der Waals surface area contributed by atoms with E-state index in [4.69, 9.17) is 0 Å². The Morgan fingerprint density at radius 2 is 1.78 bits per heavy atom. The summed E-state index contributed by atoms with van der Waals surface area (Å²) in [6.07, 6.45) is 2.07. The van der Waals surface area contributed by atoms with E-state index in [0.717, 1.165) is 23.8 Å². The van der Waals surface area contributed by atoms with Crippen LogP contribution in [0.2, 0.25) is 0 Å². The van der Waals surface area contributed by atoms with Crippen molar-refractivity contribution >= 4 is 34.4 Å². The molecule has 2 amide bonds. The number of aliphatic hydroxyl groups is 1. The van der Waals surface area contributed by atoms with Crippen molar-refractivity contribution in [1.29, 1.82) is 0 Å². The van der Waals surface area contributed by atoms with Gasteiger partial charge in [0.25, 0.3) is 0 Å². The van der Waals surface area contributed by atoms with Crippen molar-refractivity contribution < 1.29 is 23.5 Å². The van der Waals surface area contributed by atoms with E-state index in [-0.39, 0.29) is 22.1 Å². The number of aromatic nitrogens is 1. The number of rotatable bonds is 12. The number of hydrogen-bond acceptors (Lipinski definition) is 4. The molecule has 7 nitrogen and oxygen atoms in total. The Hall–Kier alpha value is -2.83. The molecule has 0 aliphatic rings. The Kier molecular flexibility index (Phi) is 11.5. The lowest BCUT2D eigenvalue weighted by molar-refractivity contribution is -0.140. The van der Waals surface area contributed by atoms with Crippen molar-refractivity contribution in [1.82, 2.24) is 20.1 Å². The van der Waals surface area contributed by atoms with Crippen LogP contribution in [0, 0.1) is 17.0 Å². The highest BCUT2D eigenvalue weighted by Crippen LogP contribution is 2.41. The van der Waals surface area contributed by atoms with Crippen LogP contribution < -0.4 is 10.6 Å². The molecule has 3 atom stereocenters. The van der Waals surface area contributed by atoms with Gasteiger partial charge in [-0.1, -0.05) is 73.7 Å². The van der Waals surface area contributed by atoms with Gasteiger partial charge in [-0.2, -0.15) is 0 Å². The first-order valence-corrected chi connectivity index (χ1v) is 14.8. The number of nitrogens with zero attached hydrogens (tertiary/aromatic N) is 2. The maximum Gasteiger partial charge on any atom is 0.248 e. The minimum atomic E-state index is -0.710. The van der Waals surface area contributed by atoms with Gasteiger partial charge in [0.15, 0.2) is 0 Å². The summed E-state index contributed by atoms with van der Waals surface area (Å²) in [4.78, 5) is 27.5. The summed E-state index contributed by atoms with van der Waals surface area (Å²) in [7, 11) is 1.56. The van der Waals surface area contributed by atoms with E-state index in [1.165, 1.54) is 0 Å². The second-order valence-electron chi connectivity index (χ2n) is 11.1. The zero-order valence-electron chi connectivity index (χ0n) is 24.1. The van der Waals surface area contributed by atoms with Crippen LogP contribution >= 0.6 is 22.6 Å². The molecule has 0 radical (unpaired) electrons. The molecule has 222 valence electrons. The zero-order chi connectivity index (χ0) is 30.3. The molecule has 3 N–H and O–H groups in total. The van der Waals surface area contributed by atoms with Crippen LogP contribution in [0.1, 0.15) is 51.4 Å². The van der Waals surface area contributed by atoms with Crippen molar-refractivity contribution in [3.05, 3.63) is 83.7 Å². The molecular formula is C31H39F2IN4O3. The summed E-state index contributed by atoms with van der Waals surface area (Å²) in [5.41, 5.74) is 1.74. The molecule has 3 rings (SSSR count). The molecular weight excluding hydrogens is 641 g/mol. The summed E-state index contributed by atoms with van der Waals surface area (Å²) >= 11 is 2.18. The summed E-state index contributed by atoms with van der Waals surface area (Å²) in [5, 5.41) is 15.9. The van der Waals surface area contributed by atoms with Crippen LogP contribution in [0.5, 0.6) is 0 Å². The zero-order valence-corrected chi connectivity index (χ0v) is 26.3. The van der Waals surface area contributed by atoms with Crippen LogP contribution in [0.4, 0.5) is 8.78 Å².